The van der Waals surface area contributed by atoms with E-state index in [1.54, 1.807) is 6.92 Å². The van der Waals surface area contributed by atoms with Gasteiger partial charge in [-0.15, -0.1) is 13.2 Å². The minimum Gasteiger partial charge on any atom is -0.406 e. The van der Waals surface area contributed by atoms with Crippen LogP contribution in [0.2, 0.25) is 0 Å². The number of hydrogen-bond donors (Lipinski definition) is 1. The molecular formula is C12H16F3NO3S. The predicted octanol–water partition coefficient (Wildman–Crippen LogP) is 2.91. The standard InChI is InChI=1S/C12H16F3NO3S/c1-8(2)9(3)16-20(17,18)11-6-4-10(5-7-11)19-12(13,14)15/h4-9,16H,1-3H3/t9-/m0/s1. The maximum absolute atomic E-state index is 12.0. The zero-order chi connectivity index (χ0) is 15.6. The van der Waals surface area contributed by atoms with Crippen LogP contribution >= 0.6 is 0 Å². The Balaban J connectivity index is 2.87. The Bertz CT molecular complexity index is 538. The SMILES string of the molecule is CC(C)[C@H](C)NS(=O)(=O)c1ccc(OC(F)(F)F)cc1. The van der Waals surface area contributed by atoms with Gasteiger partial charge in [-0.25, -0.2) is 13.1 Å². The van der Waals surface area contributed by atoms with Crippen molar-refractivity contribution in [2.75, 3.05) is 0 Å². The number of sulfonamides is 1. The van der Waals surface area contributed by atoms with Crippen molar-refractivity contribution in [1.29, 1.82) is 0 Å². The molecule has 0 unspecified atom stereocenters. The van der Waals surface area contributed by atoms with Gasteiger partial charge in [0.1, 0.15) is 5.75 Å². The highest BCUT2D eigenvalue weighted by Crippen LogP contribution is 2.24. The molecule has 0 saturated carbocycles. The molecule has 20 heavy (non-hydrogen) atoms. The second-order valence-corrected chi connectivity index (χ2v) is 6.39. The fraction of sp³-hybridized carbons (Fsp3) is 0.500. The van der Waals surface area contributed by atoms with E-state index in [9.17, 15) is 21.6 Å². The van der Waals surface area contributed by atoms with E-state index in [1.807, 2.05) is 13.8 Å². The molecule has 0 aliphatic carbocycles. The van der Waals surface area contributed by atoms with Crippen molar-refractivity contribution in [3.05, 3.63) is 24.3 Å². The van der Waals surface area contributed by atoms with Crippen LogP contribution in [-0.4, -0.2) is 20.8 Å². The Morgan fingerprint density at radius 1 is 1.10 bits per heavy atom. The number of hydrogen-bond acceptors (Lipinski definition) is 3. The largest absolute Gasteiger partial charge is 0.573 e. The van der Waals surface area contributed by atoms with Crippen molar-refractivity contribution in [3.8, 4) is 5.75 Å². The number of alkyl halides is 3. The molecule has 0 aromatic heterocycles. The Morgan fingerprint density at radius 3 is 2.00 bits per heavy atom. The van der Waals surface area contributed by atoms with Gasteiger partial charge in [-0.05, 0) is 37.1 Å². The average molecular weight is 311 g/mol. The van der Waals surface area contributed by atoms with E-state index < -0.39 is 22.1 Å². The Kier molecular flexibility index (Phi) is 5.04. The van der Waals surface area contributed by atoms with E-state index in [4.69, 9.17) is 0 Å². The lowest BCUT2D eigenvalue weighted by atomic mass is 10.1. The second-order valence-electron chi connectivity index (χ2n) is 4.67. The van der Waals surface area contributed by atoms with Crippen LogP contribution in [0.25, 0.3) is 0 Å². The first-order valence-corrected chi connectivity index (χ1v) is 7.38. The summed E-state index contributed by atoms with van der Waals surface area (Å²) in [6.45, 7) is 5.42. The molecule has 4 nitrogen and oxygen atoms in total. The molecule has 0 amide bonds. The monoisotopic (exact) mass is 311 g/mol. The van der Waals surface area contributed by atoms with Gasteiger partial charge in [-0.1, -0.05) is 13.8 Å². The number of benzene rings is 1. The third-order valence-corrected chi connectivity index (χ3v) is 4.28. The number of rotatable bonds is 5. The first kappa shape index (κ1) is 16.8. The molecule has 114 valence electrons. The maximum Gasteiger partial charge on any atom is 0.573 e. The van der Waals surface area contributed by atoms with E-state index in [0.29, 0.717) is 0 Å². The molecule has 1 atom stereocenters. The minimum absolute atomic E-state index is 0.0950. The number of ether oxygens (including phenoxy) is 1. The van der Waals surface area contributed by atoms with Crippen molar-refractivity contribution in [3.63, 3.8) is 0 Å². The van der Waals surface area contributed by atoms with Gasteiger partial charge in [0, 0.05) is 6.04 Å². The summed E-state index contributed by atoms with van der Waals surface area (Å²) in [4.78, 5) is -0.112. The van der Waals surface area contributed by atoms with Crippen molar-refractivity contribution in [2.24, 2.45) is 5.92 Å². The van der Waals surface area contributed by atoms with Crippen LogP contribution in [0.3, 0.4) is 0 Å². The number of nitrogens with one attached hydrogen (secondary N) is 1. The molecule has 8 heteroatoms. The van der Waals surface area contributed by atoms with Crippen molar-refractivity contribution < 1.29 is 26.3 Å². The molecule has 0 fully saturated rings. The second kappa shape index (κ2) is 6.01. The smallest absolute Gasteiger partial charge is 0.406 e. The molecule has 1 aromatic carbocycles. The number of halogens is 3. The van der Waals surface area contributed by atoms with E-state index in [2.05, 4.69) is 9.46 Å². The zero-order valence-corrected chi connectivity index (χ0v) is 12.0. The molecule has 0 spiro atoms. The highest BCUT2D eigenvalue weighted by atomic mass is 32.2. The fourth-order valence-corrected chi connectivity index (χ4v) is 2.66. The van der Waals surface area contributed by atoms with E-state index >= 15 is 0 Å². The van der Waals surface area contributed by atoms with Crippen LogP contribution in [-0.2, 0) is 10.0 Å². The van der Waals surface area contributed by atoms with Gasteiger partial charge in [0.05, 0.1) is 4.90 Å². The van der Waals surface area contributed by atoms with Gasteiger partial charge >= 0.3 is 6.36 Å². The van der Waals surface area contributed by atoms with Gasteiger partial charge < -0.3 is 4.74 Å². The summed E-state index contributed by atoms with van der Waals surface area (Å²) in [6, 6.07) is 3.77. The average Bonchev–Trinajstić information content (AvgIpc) is 2.26. The lowest BCUT2D eigenvalue weighted by Gasteiger charge is -2.17. The quantitative estimate of drug-likeness (QED) is 0.909. The lowest BCUT2D eigenvalue weighted by Crippen LogP contribution is -2.36. The van der Waals surface area contributed by atoms with Crippen molar-refractivity contribution >= 4 is 10.0 Å². The molecule has 0 aliphatic heterocycles. The third-order valence-electron chi connectivity index (χ3n) is 2.71. The Morgan fingerprint density at radius 2 is 1.60 bits per heavy atom. The van der Waals surface area contributed by atoms with Crippen LogP contribution in [0.5, 0.6) is 5.75 Å². The third kappa shape index (κ3) is 5.01. The van der Waals surface area contributed by atoms with Crippen molar-refractivity contribution in [1.82, 2.24) is 4.72 Å². The van der Waals surface area contributed by atoms with Crippen molar-refractivity contribution in [2.45, 2.75) is 38.1 Å². The van der Waals surface area contributed by atoms with Gasteiger partial charge in [-0.3, -0.25) is 0 Å². The molecule has 0 bridgehead atoms. The van der Waals surface area contributed by atoms with Crippen LogP contribution in [0.4, 0.5) is 13.2 Å². The Labute approximate surface area is 116 Å². The van der Waals surface area contributed by atoms with Crippen LogP contribution in [0.1, 0.15) is 20.8 Å². The summed E-state index contributed by atoms with van der Waals surface area (Å²) in [7, 11) is -3.75. The minimum atomic E-state index is -4.80. The summed E-state index contributed by atoms with van der Waals surface area (Å²) >= 11 is 0. The summed E-state index contributed by atoms with van der Waals surface area (Å²) in [5.74, 6) is -0.369. The summed E-state index contributed by atoms with van der Waals surface area (Å²) in [5, 5.41) is 0. The van der Waals surface area contributed by atoms with Gasteiger partial charge in [-0.2, -0.15) is 0 Å². The van der Waals surface area contributed by atoms with E-state index in [1.165, 1.54) is 0 Å². The fourth-order valence-electron chi connectivity index (χ4n) is 1.27. The molecule has 0 radical (unpaired) electrons. The summed E-state index contributed by atoms with van der Waals surface area (Å²) in [6.07, 6.45) is -4.80. The molecule has 1 aromatic rings. The van der Waals surface area contributed by atoms with E-state index in [-0.39, 0.29) is 16.9 Å². The predicted molar refractivity (Wildman–Crippen MR) is 67.7 cm³/mol. The molecule has 0 heterocycles. The summed E-state index contributed by atoms with van der Waals surface area (Å²) < 4.78 is 66.0. The summed E-state index contributed by atoms with van der Waals surface area (Å²) in [5.41, 5.74) is 0. The normalized spacial score (nSPS) is 14.3. The van der Waals surface area contributed by atoms with Crippen LogP contribution < -0.4 is 9.46 Å². The highest BCUT2D eigenvalue weighted by Gasteiger charge is 2.31. The highest BCUT2D eigenvalue weighted by molar-refractivity contribution is 7.89. The first-order valence-electron chi connectivity index (χ1n) is 5.89. The van der Waals surface area contributed by atoms with Crippen LogP contribution in [0.15, 0.2) is 29.2 Å². The molecular weight excluding hydrogens is 295 g/mol. The molecule has 1 rings (SSSR count). The maximum atomic E-state index is 12.0. The van der Waals surface area contributed by atoms with Crippen LogP contribution in [0, 0.1) is 5.92 Å². The van der Waals surface area contributed by atoms with Gasteiger partial charge in [0.2, 0.25) is 10.0 Å². The van der Waals surface area contributed by atoms with Gasteiger partial charge in [0.25, 0.3) is 0 Å². The van der Waals surface area contributed by atoms with Gasteiger partial charge in [0.15, 0.2) is 0 Å². The van der Waals surface area contributed by atoms with E-state index in [0.717, 1.165) is 24.3 Å². The topological polar surface area (TPSA) is 55.4 Å². The first-order chi connectivity index (χ1) is 9.01. The Hall–Kier alpha value is -1.28. The molecule has 0 saturated heterocycles. The molecule has 1 N–H and O–H groups in total. The lowest BCUT2D eigenvalue weighted by molar-refractivity contribution is -0.274. The zero-order valence-electron chi connectivity index (χ0n) is 11.2. The molecule has 0 aliphatic rings.